The summed E-state index contributed by atoms with van der Waals surface area (Å²) < 4.78 is 0. The number of hydrogen-bond donors (Lipinski definition) is 1. The Labute approximate surface area is 159 Å². The molecule has 0 spiro atoms. The predicted molar refractivity (Wildman–Crippen MR) is 104 cm³/mol. The number of hydrogen-bond acceptors (Lipinski definition) is 4. The minimum Gasteiger partial charge on any atom is -0.306 e. The van der Waals surface area contributed by atoms with Crippen molar-refractivity contribution in [1.82, 2.24) is 5.32 Å². The van der Waals surface area contributed by atoms with Crippen LogP contribution in [0.15, 0.2) is 18.2 Å². The lowest BCUT2D eigenvalue weighted by Crippen LogP contribution is -2.51. The van der Waals surface area contributed by atoms with Crippen molar-refractivity contribution in [3.63, 3.8) is 0 Å². The van der Waals surface area contributed by atoms with Gasteiger partial charge in [0.2, 0.25) is 11.8 Å². The first-order valence-electron chi connectivity index (χ1n) is 10.1. The van der Waals surface area contributed by atoms with Crippen LogP contribution >= 0.6 is 0 Å². The number of amides is 2. The van der Waals surface area contributed by atoms with Gasteiger partial charge in [-0.2, -0.15) is 0 Å². The van der Waals surface area contributed by atoms with Crippen LogP contribution in [-0.2, 0) is 9.59 Å². The second-order valence-electron chi connectivity index (χ2n) is 7.95. The van der Waals surface area contributed by atoms with E-state index in [0.717, 1.165) is 31.4 Å². The summed E-state index contributed by atoms with van der Waals surface area (Å²) in [7, 11) is 0. The Morgan fingerprint density at radius 2 is 1.81 bits per heavy atom. The van der Waals surface area contributed by atoms with Crippen LogP contribution in [0.4, 0.5) is 11.4 Å². The van der Waals surface area contributed by atoms with Gasteiger partial charge in [-0.3, -0.25) is 19.3 Å². The number of nitrogens with one attached hydrogen (secondary N) is 1. The number of fused-ring (bicyclic) bond motifs is 1. The van der Waals surface area contributed by atoms with Gasteiger partial charge >= 0.3 is 0 Å². The molecule has 4 rings (SSSR count). The van der Waals surface area contributed by atoms with Crippen LogP contribution in [0.3, 0.4) is 0 Å². The molecule has 0 saturated heterocycles. The highest BCUT2D eigenvalue weighted by molar-refractivity contribution is 6.13. The normalized spacial score (nSPS) is 20.6. The summed E-state index contributed by atoms with van der Waals surface area (Å²) >= 11 is 0. The molecule has 2 saturated carbocycles. The van der Waals surface area contributed by atoms with E-state index in [1.807, 2.05) is 11.0 Å². The zero-order valence-corrected chi connectivity index (χ0v) is 15.9. The molecular formula is C21H27N3O3. The first kappa shape index (κ1) is 18.2. The molecule has 0 bridgehead atoms. The Morgan fingerprint density at radius 3 is 2.48 bits per heavy atom. The smallest absolute Gasteiger partial charge is 0.247 e. The van der Waals surface area contributed by atoms with Crippen molar-refractivity contribution in [2.24, 2.45) is 0 Å². The van der Waals surface area contributed by atoms with Gasteiger partial charge in [0, 0.05) is 17.6 Å². The van der Waals surface area contributed by atoms with E-state index in [1.54, 1.807) is 17.0 Å². The zero-order valence-electron chi connectivity index (χ0n) is 15.9. The SMILES string of the molecule is CC(=O)c1ccc2c(c1)N(C(=O)CNC1CCCCC1)CC(=O)N2C1CC1. The summed E-state index contributed by atoms with van der Waals surface area (Å²) in [5.41, 5.74) is 2.01. The molecule has 6 heteroatoms. The van der Waals surface area contributed by atoms with Crippen LogP contribution in [0.2, 0.25) is 0 Å². The van der Waals surface area contributed by atoms with Crippen molar-refractivity contribution >= 4 is 29.0 Å². The predicted octanol–water partition coefficient (Wildman–Crippen LogP) is 2.65. The average Bonchev–Trinajstić information content (AvgIpc) is 3.50. The van der Waals surface area contributed by atoms with Crippen molar-refractivity contribution in [1.29, 1.82) is 0 Å². The molecule has 0 unspecified atom stereocenters. The lowest BCUT2D eigenvalue weighted by Gasteiger charge is -2.37. The van der Waals surface area contributed by atoms with E-state index < -0.39 is 0 Å². The number of Topliss-reactive ketones (excluding diaryl/α,β-unsaturated/α-hetero) is 1. The minimum absolute atomic E-state index is 0.0356. The molecule has 2 fully saturated rings. The van der Waals surface area contributed by atoms with Crippen LogP contribution in [0.25, 0.3) is 0 Å². The molecule has 1 aromatic carbocycles. The van der Waals surface area contributed by atoms with Gasteiger partial charge < -0.3 is 10.2 Å². The van der Waals surface area contributed by atoms with Crippen molar-refractivity contribution in [2.45, 2.75) is 64.0 Å². The van der Waals surface area contributed by atoms with Crippen LogP contribution in [0, 0.1) is 0 Å². The fraction of sp³-hybridized carbons (Fsp3) is 0.571. The van der Waals surface area contributed by atoms with Crippen molar-refractivity contribution in [3.05, 3.63) is 23.8 Å². The third-order valence-corrected chi connectivity index (χ3v) is 5.85. The number of nitrogens with zero attached hydrogens (tertiary/aromatic N) is 2. The highest BCUT2D eigenvalue weighted by Gasteiger charge is 2.40. The van der Waals surface area contributed by atoms with Gasteiger partial charge in [-0.05, 0) is 50.8 Å². The first-order chi connectivity index (χ1) is 13.0. The number of anilines is 2. The Morgan fingerprint density at radius 1 is 1.07 bits per heavy atom. The second kappa shape index (κ2) is 7.43. The fourth-order valence-corrected chi connectivity index (χ4v) is 4.18. The Balaban J connectivity index is 1.57. The summed E-state index contributed by atoms with van der Waals surface area (Å²) in [5.74, 6) is -0.182. The van der Waals surface area contributed by atoms with Crippen LogP contribution in [-0.4, -0.2) is 42.8 Å². The largest absolute Gasteiger partial charge is 0.306 e. The second-order valence-corrected chi connectivity index (χ2v) is 7.95. The van der Waals surface area contributed by atoms with Gasteiger partial charge in [0.05, 0.1) is 17.9 Å². The Bertz CT molecular complexity index is 766. The third kappa shape index (κ3) is 3.76. The number of benzene rings is 1. The maximum Gasteiger partial charge on any atom is 0.247 e. The van der Waals surface area contributed by atoms with Crippen LogP contribution < -0.4 is 15.1 Å². The summed E-state index contributed by atoms with van der Waals surface area (Å²) in [6, 6.07) is 5.94. The lowest BCUT2D eigenvalue weighted by atomic mass is 9.95. The summed E-state index contributed by atoms with van der Waals surface area (Å²) in [6.07, 6.45) is 7.88. The molecule has 6 nitrogen and oxygen atoms in total. The van der Waals surface area contributed by atoms with Crippen LogP contribution in [0.1, 0.15) is 62.2 Å². The van der Waals surface area contributed by atoms with E-state index >= 15 is 0 Å². The summed E-state index contributed by atoms with van der Waals surface area (Å²) in [5, 5.41) is 3.36. The lowest BCUT2D eigenvalue weighted by molar-refractivity contribution is -0.122. The zero-order chi connectivity index (χ0) is 19.0. The maximum absolute atomic E-state index is 12.9. The standard InChI is InChI=1S/C21H27N3O3/c1-14(25)15-7-10-18-19(11-15)23(13-21(27)24(18)17-8-9-17)20(26)12-22-16-5-3-2-4-6-16/h7,10-11,16-17,22H,2-6,8-9,12-13H2,1H3. The molecular weight excluding hydrogens is 342 g/mol. The maximum atomic E-state index is 12.9. The molecule has 3 aliphatic rings. The van der Waals surface area contributed by atoms with E-state index in [1.165, 1.54) is 26.2 Å². The summed E-state index contributed by atoms with van der Waals surface area (Å²) in [6.45, 7) is 1.80. The first-order valence-corrected chi connectivity index (χ1v) is 10.1. The minimum atomic E-state index is -0.105. The van der Waals surface area contributed by atoms with E-state index in [-0.39, 0.29) is 36.7 Å². The molecule has 1 heterocycles. The topological polar surface area (TPSA) is 69.7 Å². The van der Waals surface area contributed by atoms with Gasteiger partial charge in [-0.25, -0.2) is 0 Å². The Hall–Kier alpha value is -2.21. The average molecular weight is 369 g/mol. The molecule has 1 aromatic rings. The monoisotopic (exact) mass is 369 g/mol. The molecule has 2 amide bonds. The van der Waals surface area contributed by atoms with E-state index in [2.05, 4.69) is 5.32 Å². The van der Waals surface area contributed by atoms with E-state index in [4.69, 9.17) is 0 Å². The van der Waals surface area contributed by atoms with E-state index in [9.17, 15) is 14.4 Å². The number of carbonyl (C=O) groups excluding carboxylic acids is 3. The van der Waals surface area contributed by atoms with E-state index in [0.29, 0.717) is 17.3 Å². The molecule has 0 aromatic heterocycles. The molecule has 1 aliphatic heterocycles. The molecule has 0 atom stereocenters. The van der Waals surface area contributed by atoms with Gasteiger partial charge in [0.1, 0.15) is 6.54 Å². The van der Waals surface area contributed by atoms with Gasteiger partial charge in [-0.1, -0.05) is 19.3 Å². The fourth-order valence-electron chi connectivity index (χ4n) is 4.18. The van der Waals surface area contributed by atoms with Gasteiger partial charge in [-0.15, -0.1) is 0 Å². The quantitative estimate of drug-likeness (QED) is 0.810. The number of rotatable bonds is 5. The van der Waals surface area contributed by atoms with Crippen LogP contribution in [0.5, 0.6) is 0 Å². The van der Waals surface area contributed by atoms with Gasteiger partial charge in [0.15, 0.2) is 5.78 Å². The molecule has 27 heavy (non-hydrogen) atoms. The molecule has 0 radical (unpaired) electrons. The Kier molecular flexibility index (Phi) is 5.00. The highest BCUT2D eigenvalue weighted by atomic mass is 16.2. The summed E-state index contributed by atoms with van der Waals surface area (Å²) in [4.78, 5) is 40.9. The van der Waals surface area contributed by atoms with Gasteiger partial charge in [0.25, 0.3) is 0 Å². The van der Waals surface area contributed by atoms with Crippen molar-refractivity contribution < 1.29 is 14.4 Å². The molecule has 1 N–H and O–H groups in total. The third-order valence-electron chi connectivity index (χ3n) is 5.85. The van der Waals surface area contributed by atoms with Crippen molar-refractivity contribution in [3.8, 4) is 0 Å². The molecule has 2 aliphatic carbocycles. The number of carbonyl (C=O) groups is 3. The van der Waals surface area contributed by atoms with Crippen molar-refractivity contribution in [2.75, 3.05) is 22.9 Å². The number of ketones is 1. The highest BCUT2D eigenvalue weighted by Crippen LogP contribution is 2.41. The molecule has 144 valence electrons.